The molecule has 0 aromatic heterocycles. The van der Waals surface area contributed by atoms with E-state index in [1.807, 2.05) is 0 Å². The van der Waals surface area contributed by atoms with E-state index in [0.29, 0.717) is 5.92 Å². The number of nitriles is 1. The molecule has 0 atom stereocenters. The summed E-state index contributed by atoms with van der Waals surface area (Å²) in [7, 11) is 2.08. The van der Waals surface area contributed by atoms with Gasteiger partial charge < -0.3 is 4.90 Å². The zero-order chi connectivity index (χ0) is 13.2. The van der Waals surface area contributed by atoms with E-state index in [1.165, 1.54) is 11.3 Å². The Balaban J connectivity index is 1.99. The van der Waals surface area contributed by atoms with Crippen molar-refractivity contribution < 1.29 is 0 Å². The summed E-state index contributed by atoms with van der Waals surface area (Å²) in [6.07, 6.45) is 3.24. The van der Waals surface area contributed by atoms with Gasteiger partial charge in [-0.15, -0.1) is 0 Å². The van der Waals surface area contributed by atoms with Gasteiger partial charge in [0.1, 0.15) is 0 Å². The normalized spacial score (nSPS) is 16.4. The summed E-state index contributed by atoms with van der Waals surface area (Å²) in [5, 5.41) is 9.12. The van der Waals surface area contributed by atoms with Gasteiger partial charge >= 0.3 is 0 Å². The van der Waals surface area contributed by atoms with Crippen molar-refractivity contribution >= 4 is 5.69 Å². The van der Waals surface area contributed by atoms with Crippen molar-refractivity contribution in [3.05, 3.63) is 29.8 Å². The first kappa shape index (κ1) is 13.0. The number of hydrogen-bond acceptors (Lipinski definition) is 2. The molecule has 0 amide bonds. The van der Waals surface area contributed by atoms with Crippen LogP contribution in [0.2, 0.25) is 0 Å². The van der Waals surface area contributed by atoms with Gasteiger partial charge in [-0.2, -0.15) is 5.26 Å². The first-order valence-electron chi connectivity index (χ1n) is 6.76. The fraction of sp³-hybridized carbons (Fsp3) is 0.562. The molecule has 0 heterocycles. The van der Waals surface area contributed by atoms with Crippen molar-refractivity contribution in [3.63, 3.8) is 0 Å². The Hall–Kier alpha value is -1.49. The van der Waals surface area contributed by atoms with Gasteiger partial charge in [0, 0.05) is 19.3 Å². The number of benzene rings is 1. The molecule has 0 spiro atoms. The van der Waals surface area contributed by atoms with E-state index in [1.54, 1.807) is 0 Å². The molecule has 2 nitrogen and oxygen atoms in total. The first-order valence-corrected chi connectivity index (χ1v) is 6.76. The Labute approximate surface area is 110 Å². The summed E-state index contributed by atoms with van der Waals surface area (Å²) >= 11 is 0. The van der Waals surface area contributed by atoms with Gasteiger partial charge in [-0.25, -0.2) is 0 Å². The molecule has 0 saturated heterocycles. The van der Waals surface area contributed by atoms with Crippen molar-refractivity contribution in [2.75, 3.05) is 18.5 Å². The van der Waals surface area contributed by atoms with E-state index >= 15 is 0 Å². The molecular weight excluding hydrogens is 220 g/mol. The summed E-state index contributed by atoms with van der Waals surface area (Å²) < 4.78 is 0. The number of rotatable bonds is 5. The largest absolute Gasteiger partial charge is 0.373 e. The molecule has 96 valence electrons. The van der Waals surface area contributed by atoms with E-state index in [0.717, 1.165) is 25.8 Å². The first-order chi connectivity index (χ1) is 8.54. The van der Waals surface area contributed by atoms with Crippen LogP contribution in [0.15, 0.2) is 24.3 Å². The second-order valence-corrected chi connectivity index (χ2v) is 6.01. The van der Waals surface area contributed by atoms with Crippen molar-refractivity contribution in [2.24, 2.45) is 11.3 Å². The Morgan fingerprint density at radius 3 is 2.33 bits per heavy atom. The van der Waals surface area contributed by atoms with Gasteiger partial charge in [-0.1, -0.05) is 26.0 Å². The highest BCUT2D eigenvalue weighted by Crippen LogP contribution is 2.45. The predicted octanol–water partition coefficient (Wildman–Crippen LogP) is 3.63. The lowest BCUT2D eigenvalue weighted by Gasteiger charge is -2.22. The van der Waals surface area contributed by atoms with Crippen LogP contribution < -0.4 is 4.90 Å². The molecule has 2 rings (SSSR count). The van der Waals surface area contributed by atoms with Gasteiger partial charge in [-0.3, -0.25) is 0 Å². The Kier molecular flexibility index (Phi) is 3.61. The SMILES string of the molecule is CC(C)Cc1ccc(N(C)CC2(C#N)CC2)cc1. The molecule has 18 heavy (non-hydrogen) atoms. The van der Waals surface area contributed by atoms with Gasteiger partial charge in [0.05, 0.1) is 11.5 Å². The zero-order valence-corrected chi connectivity index (χ0v) is 11.6. The molecule has 0 unspecified atom stereocenters. The van der Waals surface area contributed by atoms with Crippen LogP contribution >= 0.6 is 0 Å². The monoisotopic (exact) mass is 242 g/mol. The number of hydrogen-bond donors (Lipinski definition) is 0. The van der Waals surface area contributed by atoms with Gasteiger partial charge in [-0.05, 0) is 42.9 Å². The average molecular weight is 242 g/mol. The summed E-state index contributed by atoms with van der Waals surface area (Å²) in [5.41, 5.74) is 2.54. The van der Waals surface area contributed by atoms with Crippen LogP contribution in [0.1, 0.15) is 32.3 Å². The van der Waals surface area contributed by atoms with E-state index in [2.05, 4.69) is 56.1 Å². The maximum absolute atomic E-state index is 9.12. The lowest BCUT2D eigenvalue weighted by atomic mass is 10.0. The van der Waals surface area contributed by atoms with Crippen molar-refractivity contribution in [1.29, 1.82) is 5.26 Å². The van der Waals surface area contributed by atoms with Crippen LogP contribution in [0.5, 0.6) is 0 Å². The lowest BCUT2D eigenvalue weighted by Crippen LogP contribution is -2.25. The second kappa shape index (κ2) is 5.02. The topological polar surface area (TPSA) is 27.0 Å². The minimum atomic E-state index is -0.0641. The molecule has 2 heteroatoms. The minimum Gasteiger partial charge on any atom is -0.373 e. The molecule has 1 aliphatic carbocycles. The second-order valence-electron chi connectivity index (χ2n) is 6.01. The van der Waals surface area contributed by atoms with E-state index in [-0.39, 0.29) is 5.41 Å². The molecule has 0 radical (unpaired) electrons. The molecule has 1 aromatic carbocycles. The van der Waals surface area contributed by atoms with Crippen LogP contribution in [0.3, 0.4) is 0 Å². The van der Waals surface area contributed by atoms with E-state index in [9.17, 15) is 0 Å². The third-order valence-electron chi connectivity index (χ3n) is 3.65. The minimum absolute atomic E-state index is 0.0641. The van der Waals surface area contributed by atoms with Gasteiger partial charge in [0.25, 0.3) is 0 Å². The molecule has 0 N–H and O–H groups in total. The smallest absolute Gasteiger partial charge is 0.0749 e. The Bertz CT molecular complexity index is 435. The third kappa shape index (κ3) is 3.04. The van der Waals surface area contributed by atoms with Crippen molar-refractivity contribution in [1.82, 2.24) is 0 Å². The summed E-state index contributed by atoms with van der Waals surface area (Å²) in [4.78, 5) is 2.20. The van der Waals surface area contributed by atoms with E-state index in [4.69, 9.17) is 5.26 Å². The molecule has 1 saturated carbocycles. The lowest BCUT2D eigenvalue weighted by molar-refractivity contribution is 0.645. The predicted molar refractivity (Wildman–Crippen MR) is 75.5 cm³/mol. The summed E-state index contributed by atoms with van der Waals surface area (Å²) in [6, 6.07) is 11.2. The molecular formula is C16H22N2. The van der Waals surface area contributed by atoms with Crippen LogP contribution in [0.25, 0.3) is 0 Å². The quantitative estimate of drug-likeness (QED) is 0.788. The van der Waals surface area contributed by atoms with Gasteiger partial charge in [0.15, 0.2) is 0 Å². The van der Waals surface area contributed by atoms with Crippen LogP contribution in [0.4, 0.5) is 5.69 Å². The highest BCUT2D eigenvalue weighted by Gasteiger charge is 2.44. The average Bonchev–Trinajstić information content (AvgIpc) is 3.09. The van der Waals surface area contributed by atoms with E-state index < -0.39 is 0 Å². The maximum atomic E-state index is 9.12. The fourth-order valence-corrected chi connectivity index (χ4v) is 2.36. The number of nitrogens with zero attached hydrogens (tertiary/aromatic N) is 2. The summed E-state index contributed by atoms with van der Waals surface area (Å²) in [5.74, 6) is 0.696. The van der Waals surface area contributed by atoms with Crippen LogP contribution in [-0.4, -0.2) is 13.6 Å². The standard InChI is InChI=1S/C16H22N2/c1-13(2)10-14-4-6-15(7-5-14)18(3)12-16(11-17)8-9-16/h4-7,13H,8-10,12H2,1-3H3. The molecule has 1 aliphatic rings. The van der Waals surface area contributed by atoms with Crippen LogP contribution in [0, 0.1) is 22.7 Å². The van der Waals surface area contributed by atoms with Crippen molar-refractivity contribution in [3.8, 4) is 6.07 Å². The maximum Gasteiger partial charge on any atom is 0.0749 e. The number of anilines is 1. The van der Waals surface area contributed by atoms with Gasteiger partial charge in [0.2, 0.25) is 0 Å². The zero-order valence-electron chi connectivity index (χ0n) is 11.6. The third-order valence-corrected chi connectivity index (χ3v) is 3.65. The van der Waals surface area contributed by atoms with Crippen LogP contribution in [-0.2, 0) is 6.42 Å². The molecule has 1 fully saturated rings. The molecule has 1 aromatic rings. The van der Waals surface area contributed by atoms with Crippen molar-refractivity contribution in [2.45, 2.75) is 33.1 Å². The molecule has 0 aliphatic heterocycles. The fourth-order valence-electron chi connectivity index (χ4n) is 2.36. The molecule has 0 bridgehead atoms. The Morgan fingerprint density at radius 1 is 1.28 bits per heavy atom. The summed E-state index contributed by atoms with van der Waals surface area (Å²) in [6.45, 7) is 5.33. The Morgan fingerprint density at radius 2 is 1.89 bits per heavy atom. The highest BCUT2D eigenvalue weighted by molar-refractivity contribution is 5.48. The highest BCUT2D eigenvalue weighted by atomic mass is 15.1.